The lowest BCUT2D eigenvalue weighted by molar-refractivity contribution is -0.121. The number of hydrogen-bond acceptors (Lipinski definition) is 6. The van der Waals surface area contributed by atoms with Crippen LogP contribution >= 0.6 is 0 Å². The number of nitrogens with one attached hydrogen (secondary N) is 1. The summed E-state index contributed by atoms with van der Waals surface area (Å²) in [7, 11) is 2.03. The highest BCUT2D eigenvalue weighted by atomic mass is 16.5. The van der Waals surface area contributed by atoms with Crippen molar-refractivity contribution in [3.05, 3.63) is 48.0 Å². The Labute approximate surface area is 195 Å². The molecule has 1 N–H and O–H groups in total. The van der Waals surface area contributed by atoms with Crippen LogP contribution < -0.4 is 5.32 Å². The molecule has 1 aromatic carbocycles. The zero-order valence-electron chi connectivity index (χ0n) is 19.4. The fraction of sp³-hybridized carbons (Fsp3) is 0.500. The van der Waals surface area contributed by atoms with E-state index in [-0.39, 0.29) is 11.9 Å². The van der Waals surface area contributed by atoms with Crippen LogP contribution in [0.5, 0.6) is 0 Å². The molecule has 2 aliphatic heterocycles. The average molecular weight is 448 g/mol. The monoisotopic (exact) mass is 447 g/mol. The standard InChI is InChI=1S/C26H33N5O2/c1-30-26(18-31-8-3-2-4-9-31)25(17-29-30)19-5-6-20-15-28-22(12-21(20)11-19)13-23(32)14-24-16-27-7-10-33-24/h5-6,11-12,15,17,24,27H,2-4,7-10,13-14,16,18H2,1H3. The summed E-state index contributed by atoms with van der Waals surface area (Å²) in [4.78, 5) is 19.7. The van der Waals surface area contributed by atoms with Crippen molar-refractivity contribution in [2.45, 2.75) is 44.8 Å². The largest absolute Gasteiger partial charge is 0.375 e. The summed E-state index contributed by atoms with van der Waals surface area (Å²) in [5, 5.41) is 10.0. The third-order valence-corrected chi connectivity index (χ3v) is 6.81. The number of nitrogens with zero attached hydrogens (tertiary/aromatic N) is 4. The minimum absolute atomic E-state index is 0.0257. The van der Waals surface area contributed by atoms with E-state index in [9.17, 15) is 4.79 Å². The van der Waals surface area contributed by atoms with E-state index in [0.29, 0.717) is 19.4 Å². The fourth-order valence-corrected chi connectivity index (χ4v) is 4.95. The molecule has 174 valence electrons. The van der Waals surface area contributed by atoms with Gasteiger partial charge in [0.05, 0.1) is 24.6 Å². The van der Waals surface area contributed by atoms with Crippen LogP contribution in [0.4, 0.5) is 0 Å². The van der Waals surface area contributed by atoms with Gasteiger partial charge in [-0.2, -0.15) is 5.10 Å². The number of ether oxygens (including phenoxy) is 1. The van der Waals surface area contributed by atoms with E-state index >= 15 is 0 Å². The van der Waals surface area contributed by atoms with Crippen LogP contribution in [0.1, 0.15) is 37.1 Å². The highest BCUT2D eigenvalue weighted by Crippen LogP contribution is 2.29. The molecule has 33 heavy (non-hydrogen) atoms. The van der Waals surface area contributed by atoms with Gasteiger partial charge in [-0.05, 0) is 49.0 Å². The fourth-order valence-electron chi connectivity index (χ4n) is 4.95. The molecule has 0 bridgehead atoms. The highest BCUT2D eigenvalue weighted by Gasteiger charge is 2.19. The zero-order valence-corrected chi connectivity index (χ0v) is 19.4. The molecule has 1 atom stereocenters. The van der Waals surface area contributed by atoms with Gasteiger partial charge in [-0.25, -0.2) is 0 Å². The SMILES string of the molecule is Cn1ncc(-c2ccc3cnc(CC(=O)CC4CNCCO4)cc3c2)c1CN1CCCCC1. The Bertz CT molecular complexity index is 1110. The maximum atomic E-state index is 12.6. The van der Waals surface area contributed by atoms with Gasteiger partial charge in [-0.3, -0.25) is 19.4 Å². The zero-order chi connectivity index (χ0) is 22.6. The van der Waals surface area contributed by atoms with Gasteiger partial charge in [-0.1, -0.05) is 18.6 Å². The van der Waals surface area contributed by atoms with E-state index in [1.54, 1.807) is 0 Å². The first-order chi connectivity index (χ1) is 16.2. The molecular weight excluding hydrogens is 414 g/mol. The van der Waals surface area contributed by atoms with Gasteiger partial charge in [0, 0.05) is 62.4 Å². The van der Waals surface area contributed by atoms with Gasteiger partial charge in [0.25, 0.3) is 0 Å². The van der Waals surface area contributed by atoms with Crippen LogP contribution in [0.3, 0.4) is 0 Å². The molecule has 7 nitrogen and oxygen atoms in total. The van der Waals surface area contributed by atoms with Crippen molar-refractivity contribution in [3.63, 3.8) is 0 Å². The normalized spacial score (nSPS) is 19.7. The minimum Gasteiger partial charge on any atom is -0.375 e. The van der Waals surface area contributed by atoms with Crippen molar-refractivity contribution in [3.8, 4) is 11.1 Å². The number of carbonyl (C=O) groups excluding carboxylic acids is 1. The number of Topliss-reactive ketones (excluding diaryl/α,β-unsaturated/α-hetero) is 1. The van der Waals surface area contributed by atoms with Crippen LogP contribution in [0.2, 0.25) is 0 Å². The Balaban J connectivity index is 1.34. The molecule has 7 heteroatoms. The molecule has 3 aromatic rings. The second-order valence-electron chi connectivity index (χ2n) is 9.32. The first-order valence-corrected chi connectivity index (χ1v) is 12.1. The number of benzene rings is 1. The molecule has 0 spiro atoms. The number of carbonyl (C=O) groups is 1. The minimum atomic E-state index is -0.0257. The number of hydrogen-bond donors (Lipinski definition) is 1. The van der Waals surface area contributed by atoms with Gasteiger partial charge in [0.2, 0.25) is 0 Å². The van der Waals surface area contributed by atoms with Crippen LogP contribution in [0, 0.1) is 0 Å². The molecular formula is C26H33N5O2. The van der Waals surface area contributed by atoms with Gasteiger partial charge >= 0.3 is 0 Å². The second-order valence-corrected chi connectivity index (χ2v) is 9.32. The van der Waals surface area contributed by atoms with Crippen LogP contribution in [0.25, 0.3) is 21.9 Å². The molecule has 0 saturated carbocycles. The summed E-state index contributed by atoms with van der Waals surface area (Å²) in [6.45, 7) is 5.52. The van der Waals surface area contributed by atoms with Gasteiger partial charge in [0.15, 0.2) is 0 Å². The topological polar surface area (TPSA) is 72.3 Å². The Morgan fingerprint density at radius 2 is 2.03 bits per heavy atom. The third kappa shape index (κ3) is 5.32. The number of ketones is 1. The lowest BCUT2D eigenvalue weighted by atomic mass is 10.0. The highest BCUT2D eigenvalue weighted by molar-refractivity contribution is 5.88. The molecule has 0 aliphatic carbocycles. The van der Waals surface area contributed by atoms with Crippen LogP contribution in [-0.2, 0) is 29.5 Å². The summed E-state index contributed by atoms with van der Waals surface area (Å²) in [6, 6.07) is 8.52. The number of morpholine rings is 1. The molecule has 2 fully saturated rings. The molecule has 0 amide bonds. The van der Waals surface area contributed by atoms with Crippen LogP contribution in [-0.4, -0.2) is 64.3 Å². The predicted molar refractivity (Wildman–Crippen MR) is 129 cm³/mol. The van der Waals surface area contributed by atoms with Crippen molar-refractivity contribution in [2.75, 3.05) is 32.8 Å². The van der Waals surface area contributed by atoms with Gasteiger partial charge in [-0.15, -0.1) is 0 Å². The first-order valence-electron chi connectivity index (χ1n) is 12.1. The second kappa shape index (κ2) is 10.1. The van der Waals surface area contributed by atoms with Crippen molar-refractivity contribution < 1.29 is 9.53 Å². The van der Waals surface area contributed by atoms with E-state index in [1.807, 2.05) is 24.1 Å². The number of rotatable bonds is 7. The predicted octanol–water partition coefficient (Wildman–Crippen LogP) is 3.11. The summed E-state index contributed by atoms with van der Waals surface area (Å²) in [6.07, 6.45) is 8.49. The number of pyridine rings is 1. The molecule has 0 radical (unpaired) electrons. The number of likely N-dealkylation sites (tertiary alicyclic amines) is 1. The smallest absolute Gasteiger partial charge is 0.141 e. The number of aryl methyl sites for hydroxylation is 1. The van der Waals surface area contributed by atoms with E-state index < -0.39 is 0 Å². The van der Waals surface area contributed by atoms with Crippen molar-refractivity contribution in [2.24, 2.45) is 7.05 Å². The quantitative estimate of drug-likeness (QED) is 0.600. The molecule has 2 aromatic heterocycles. The van der Waals surface area contributed by atoms with E-state index in [4.69, 9.17) is 4.74 Å². The van der Waals surface area contributed by atoms with Crippen molar-refractivity contribution >= 4 is 16.6 Å². The molecule has 2 aliphatic rings. The molecule has 4 heterocycles. The van der Waals surface area contributed by atoms with E-state index in [0.717, 1.165) is 54.8 Å². The Morgan fingerprint density at radius 3 is 2.85 bits per heavy atom. The summed E-state index contributed by atoms with van der Waals surface area (Å²) in [5.74, 6) is 0.169. The summed E-state index contributed by atoms with van der Waals surface area (Å²) >= 11 is 0. The Hall–Kier alpha value is -2.61. The van der Waals surface area contributed by atoms with Crippen LogP contribution in [0.15, 0.2) is 36.7 Å². The molecule has 2 saturated heterocycles. The lowest BCUT2D eigenvalue weighted by Gasteiger charge is -2.26. The summed E-state index contributed by atoms with van der Waals surface area (Å²) in [5.41, 5.74) is 4.41. The number of aromatic nitrogens is 3. The Morgan fingerprint density at radius 1 is 1.15 bits per heavy atom. The lowest BCUT2D eigenvalue weighted by Crippen LogP contribution is -2.39. The molecule has 1 unspecified atom stereocenters. The first kappa shape index (κ1) is 22.2. The van der Waals surface area contributed by atoms with Crippen molar-refractivity contribution in [1.82, 2.24) is 25.0 Å². The summed E-state index contributed by atoms with van der Waals surface area (Å²) < 4.78 is 7.68. The number of fused-ring (bicyclic) bond motifs is 1. The van der Waals surface area contributed by atoms with E-state index in [1.165, 1.54) is 30.5 Å². The third-order valence-electron chi connectivity index (χ3n) is 6.81. The van der Waals surface area contributed by atoms with Gasteiger partial charge in [0.1, 0.15) is 5.78 Å². The van der Waals surface area contributed by atoms with Crippen molar-refractivity contribution in [1.29, 1.82) is 0 Å². The Kier molecular flexibility index (Phi) is 6.80. The average Bonchev–Trinajstić information content (AvgIpc) is 3.20. The molecule has 5 rings (SSSR count). The number of piperidine rings is 1. The maximum absolute atomic E-state index is 12.6. The van der Waals surface area contributed by atoms with E-state index in [2.05, 4.69) is 44.6 Å². The van der Waals surface area contributed by atoms with Gasteiger partial charge < -0.3 is 10.1 Å². The maximum Gasteiger partial charge on any atom is 0.141 e.